The molecule has 6 nitrogen and oxygen atoms in total. The van der Waals surface area contributed by atoms with E-state index in [4.69, 9.17) is 11.6 Å². The molecule has 3 aromatic rings. The van der Waals surface area contributed by atoms with Gasteiger partial charge in [-0.15, -0.1) is 0 Å². The summed E-state index contributed by atoms with van der Waals surface area (Å²) in [5, 5.41) is 12.5. The summed E-state index contributed by atoms with van der Waals surface area (Å²) in [6, 6.07) is 13.3. The first-order chi connectivity index (χ1) is 12.5. The molecule has 2 heterocycles. The van der Waals surface area contributed by atoms with Gasteiger partial charge in [0.25, 0.3) is 10.0 Å². The molecule has 26 heavy (non-hydrogen) atoms. The predicted octanol–water partition coefficient (Wildman–Crippen LogP) is 3.03. The van der Waals surface area contributed by atoms with Crippen LogP contribution in [0.15, 0.2) is 59.8 Å². The Balaban J connectivity index is 2.28. The number of nitrogens with one attached hydrogen (secondary N) is 1. The van der Waals surface area contributed by atoms with Crippen LogP contribution in [0, 0.1) is 11.3 Å². The minimum atomic E-state index is -3.95. The Morgan fingerprint density at radius 1 is 1.27 bits per heavy atom. The molecule has 0 fully saturated rings. The van der Waals surface area contributed by atoms with Crippen molar-refractivity contribution in [2.45, 2.75) is 11.4 Å². The van der Waals surface area contributed by atoms with Gasteiger partial charge in [-0.1, -0.05) is 23.7 Å². The zero-order valence-electron chi connectivity index (χ0n) is 13.8. The molecule has 0 saturated heterocycles. The zero-order valence-corrected chi connectivity index (χ0v) is 15.4. The summed E-state index contributed by atoms with van der Waals surface area (Å²) in [4.78, 5) is 4.03. The molecule has 0 bridgehead atoms. The van der Waals surface area contributed by atoms with Crippen LogP contribution in [0.2, 0.25) is 5.02 Å². The van der Waals surface area contributed by atoms with Crippen molar-refractivity contribution in [2.24, 2.45) is 0 Å². The van der Waals surface area contributed by atoms with E-state index in [0.29, 0.717) is 17.8 Å². The molecule has 132 valence electrons. The topological polar surface area (TPSA) is 87.8 Å². The van der Waals surface area contributed by atoms with Gasteiger partial charge in [-0.2, -0.15) is 5.26 Å². The lowest BCUT2D eigenvalue weighted by Gasteiger charge is -2.12. The maximum Gasteiger partial charge on any atom is 0.269 e. The Morgan fingerprint density at radius 3 is 2.73 bits per heavy atom. The Morgan fingerprint density at radius 2 is 2.04 bits per heavy atom. The van der Waals surface area contributed by atoms with Crippen molar-refractivity contribution in [3.8, 4) is 17.3 Å². The van der Waals surface area contributed by atoms with Crippen molar-refractivity contribution < 1.29 is 8.42 Å². The first-order valence-corrected chi connectivity index (χ1v) is 9.52. The zero-order chi connectivity index (χ0) is 18.7. The van der Waals surface area contributed by atoms with Crippen molar-refractivity contribution in [1.82, 2.24) is 14.3 Å². The number of halogens is 1. The van der Waals surface area contributed by atoms with E-state index in [-0.39, 0.29) is 15.6 Å². The first kappa shape index (κ1) is 18.1. The van der Waals surface area contributed by atoms with E-state index in [9.17, 15) is 13.7 Å². The summed E-state index contributed by atoms with van der Waals surface area (Å²) in [6.07, 6.45) is 3.02. The summed E-state index contributed by atoms with van der Waals surface area (Å²) in [5.41, 5.74) is 1.70. The minimum Gasteiger partial charge on any atom is -0.316 e. The van der Waals surface area contributed by atoms with Gasteiger partial charge in [0.1, 0.15) is 16.7 Å². The van der Waals surface area contributed by atoms with E-state index >= 15 is 0 Å². The maximum atomic E-state index is 13.2. The van der Waals surface area contributed by atoms with Gasteiger partial charge in [-0.25, -0.2) is 17.4 Å². The van der Waals surface area contributed by atoms with E-state index < -0.39 is 10.0 Å². The smallest absolute Gasteiger partial charge is 0.269 e. The van der Waals surface area contributed by atoms with Crippen LogP contribution in [0.25, 0.3) is 11.3 Å². The van der Waals surface area contributed by atoms with Crippen LogP contribution in [-0.2, 0) is 16.6 Å². The Bertz CT molecular complexity index is 1100. The van der Waals surface area contributed by atoms with Crippen LogP contribution >= 0.6 is 11.6 Å². The maximum absolute atomic E-state index is 13.2. The number of rotatable bonds is 5. The van der Waals surface area contributed by atoms with Gasteiger partial charge in [-0.05, 0) is 42.9 Å². The molecule has 1 aromatic carbocycles. The third-order valence-corrected chi connectivity index (χ3v) is 5.96. The number of benzene rings is 1. The number of hydrogen-bond acceptors (Lipinski definition) is 5. The fourth-order valence-corrected chi connectivity index (χ4v) is 4.54. The lowest BCUT2D eigenvalue weighted by molar-refractivity contribution is 0.588. The number of nitrogens with zero attached hydrogens (tertiary/aromatic N) is 3. The van der Waals surface area contributed by atoms with E-state index in [0.717, 1.165) is 9.54 Å². The van der Waals surface area contributed by atoms with E-state index in [2.05, 4.69) is 10.3 Å². The van der Waals surface area contributed by atoms with Gasteiger partial charge < -0.3 is 5.32 Å². The molecule has 3 rings (SSSR count). The average Bonchev–Trinajstić information content (AvgIpc) is 3.07. The summed E-state index contributed by atoms with van der Waals surface area (Å²) in [7, 11) is -2.18. The minimum absolute atomic E-state index is 0.00285. The van der Waals surface area contributed by atoms with Gasteiger partial charge in [0.2, 0.25) is 0 Å². The first-order valence-electron chi connectivity index (χ1n) is 7.70. The molecule has 2 aromatic heterocycles. The molecule has 0 spiro atoms. The molecule has 0 aliphatic carbocycles. The van der Waals surface area contributed by atoms with Gasteiger partial charge in [-0.3, -0.25) is 0 Å². The highest BCUT2D eigenvalue weighted by Gasteiger charge is 2.25. The second kappa shape index (κ2) is 7.30. The molecule has 0 amide bonds. The van der Waals surface area contributed by atoms with Crippen LogP contribution in [0.1, 0.15) is 11.3 Å². The SMILES string of the molecule is CNCc1cc(-c2cccnc2C#N)n(S(=O)(=O)c2ccccc2Cl)c1. The van der Waals surface area contributed by atoms with Crippen molar-refractivity contribution in [3.05, 3.63) is 71.1 Å². The molecule has 0 radical (unpaired) electrons. The van der Waals surface area contributed by atoms with Gasteiger partial charge in [0.05, 0.1) is 10.7 Å². The van der Waals surface area contributed by atoms with Gasteiger partial charge in [0, 0.05) is 24.5 Å². The monoisotopic (exact) mass is 386 g/mol. The highest BCUT2D eigenvalue weighted by Crippen LogP contribution is 2.31. The number of hydrogen-bond donors (Lipinski definition) is 1. The van der Waals surface area contributed by atoms with Crippen LogP contribution in [0.4, 0.5) is 0 Å². The van der Waals surface area contributed by atoms with E-state index in [1.165, 1.54) is 24.5 Å². The van der Waals surface area contributed by atoms with E-state index in [1.54, 1.807) is 37.4 Å². The summed E-state index contributed by atoms with van der Waals surface area (Å²) in [6.45, 7) is 0.472. The molecular formula is C18H15ClN4O2S. The van der Waals surface area contributed by atoms with Crippen LogP contribution in [0.3, 0.4) is 0 Å². The fraction of sp³-hybridized carbons (Fsp3) is 0.111. The summed E-state index contributed by atoms with van der Waals surface area (Å²) in [5.74, 6) is 0. The molecule has 1 N–H and O–H groups in total. The van der Waals surface area contributed by atoms with Crippen molar-refractivity contribution in [3.63, 3.8) is 0 Å². The molecular weight excluding hydrogens is 372 g/mol. The molecule has 0 saturated carbocycles. The average molecular weight is 387 g/mol. The third-order valence-electron chi connectivity index (χ3n) is 3.79. The molecule has 0 aliphatic rings. The Kier molecular flexibility index (Phi) is 5.09. The molecule has 0 unspecified atom stereocenters. The highest BCUT2D eigenvalue weighted by molar-refractivity contribution is 7.90. The largest absolute Gasteiger partial charge is 0.316 e. The Labute approximate surface area is 156 Å². The third kappa shape index (κ3) is 3.22. The normalized spacial score (nSPS) is 11.3. The molecule has 0 atom stereocenters. The van der Waals surface area contributed by atoms with Crippen LogP contribution in [-0.4, -0.2) is 24.4 Å². The van der Waals surface area contributed by atoms with Crippen molar-refractivity contribution >= 4 is 21.6 Å². The Hall–Kier alpha value is -2.66. The van der Waals surface area contributed by atoms with Gasteiger partial charge in [0.15, 0.2) is 0 Å². The van der Waals surface area contributed by atoms with Crippen molar-refractivity contribution in [1.29, 1.82) is 5.26 Å². The molecule has 8 heteroatoms. The second-order valence-corrected chi connectivity index (χ2v) is 7.70. The van der Waals surface area contributed by atoms with Crippen molar-refractivity contribution in [2.75, 3.05) is 7.05 Å². The summed E-state index contributed by atoms with van der Waals surface area (Å²) < 4.78 is 27.6. The predicted molar refractivity (Wildman–Crippen MR) is 99.2 cm³/mol. The van der Waals surface area contributed by atoms with E-state index in [1.807, 2.05) is 6.07 Å². The van der Waals surface area contributed by atoms with Crippen LogP contribution < -0.4 is 5.32 Å². The highest BCUT2D eigenvalue weighted by atomic mass is 35.5. The number of nitriles is 1. The number of aromatic nitrogens is 2. The number of pyridine rings is 1. The molecule has 0 aliphatic heterocycles. The fourth-order valence-electron chi connectivity index (χ4n) is 2.65. The quantitative estimate of drug-likeness (QED) is 0.728. The summed E-state index contributed by atoms with van der Waals surface area (Å²) >= 11 is 6.11. The second-order valence-electron chi connectivity index (χ2n) is 5.51. The lowest BCUT2D eigenvalue weighted by Crippen LogP contribution is -2.14. The lowest BCUT2D eigenvalue weighted by atomic mass is 10.1. The van der Waals surface area contributed by atoms with Crippen LogP contribution in [0.5, 0.6) is 0 Å². The standard InChI is InChI=1S/C18H15ClN4O2S/c1-21-11-13-9-17(14-5-4-8-22-16(14)10-20)23(12-13)26(24,25)18-7-3-2-6-15(18)19/h2-9,12,21H,11H2,1H3. The van der Waals surface area contributed by atoms with Gasteiger partial charge >= 0.3 is 0 Å².